The Morgan fingerprint density at radius 2 is 1.86 bits per heavy atom. The van der Waals surface area contributed by atoms with Gasteiger partial charge in [-0.3, -0.25) is 4.99 Å². The van der Waals surface area contributed by atoms with Crippen LogP contribution in [0.2, 0.25) is 0 Å². The number of likely N-dealkylation sites (tertiary alicyclic amines) is 1. The summed E-state index contributed by atoms with van der Waals surface area (Å²) in [6.45, 7) is 7.38. The molecule has 0 bridgehead atoms. The molecule has 0 aromatic rings. The highest BCUT2D eigenvalue weighted by molar-refractivity contribution is 7.91. The van der Waals surface area contributed by atoms with Crippen LogP contribution in [0.1, 0.15) is 39.5 Å². The van der Waals surface area contributed by atoms with Gasteiger partial charge in [0.1, 0.15) is 0 Å². The summed E-state index contributed by atoms with van der Waals surface area (Å²) in [5.74, 6) is 3.28. The summed E-state index contributed by atoms with van der Waals surface area (Å²) in [6, 6.07) is 0.582. The van der Waals surface area contributed by atoms with Gasteiger partial charge in [0.25, 0.3) is 0 Å². The van der Waals surface area contributed by atoms with Gasteiger partial charge in [0.15, 0.2) is 15.8 Å². The topological polar surface area (TPSA) is 61.8 Å². The molecule has 1 aliphatic carbocycles. The molecule has 0 aromatic carbocycles. The zero-order valence-corrected chi connectivity index (χ0v) is 14.6. The first-order chi connectivity index (χ1) is 10.4. The van der Waals surface area contributed by atoms with E-state index in [1.54, 1.807) is 0 Å². The Morgan fingerprint density at radius 1 is 1.18 bits per heavy atom. The highest BCUT2D eigenvalue weighted by Crippen LogP contribution is 2.24. The third-order valence-corrected chi connectivity index (χ3v) is 6.74. The lowest BCUT2D eigenvalue weighted by Gasteiger charge is -2.37. The standard InChI is InChI=1S/C16H29N3O2S/c1-12-7-13(2)10-19(9-12)16(18-15-3-4-15)17-8-14-5-6-22(20,21)11-14/h12-15H,3-11H2,1-2H3,(H,17,18). The van der Waals surface area contributed by atoms with Gasteiger partial charge in [0.05, 0.1) is 11.5 Å². The van der Waals surface area contributed by atoms with Gasteiger partial charge in [-0.1, -0.05) is 13.8 Å². The van der Waals surface area contributed by atoms with Crippen LogP contribution in [0.4, 0.5) is 0 Å². The average molecular weight is 327 g/mol. The lowest BCUT2D eigenvalue weighted by molar-refractivity contribution is 0.208. The summed E-state index contributed by atoms with van der Waals surface area (Å²) in [4.78, 5) is 7.20. The normalized spacial score (nSPS) is 35.6. The van der Waals surface area contributed by atoms with Crippen molar-refractivity contribution >= 4 is 15.8 Å². The molecule has 0 aromatic heterocycles. The van der Waals surface area contributed by atoms with Crippen LogP contribution in [-0.2, 0) is 9.84 Å². The smallest absolute Gasteiger partial charge is 0.194 e. The van der Waals surface area contributed by atoms with E-state index in [0.717, 1.165) is 25.5 Å². The van der Waals surface area contributed by atoms with Crippen molar-refractivity contribution in [1.82, 2.24) is 10.2 Å². The number of hydrogen-bond donors (Lipinski definition) is 1. The van der Waals surface area contributed by atoms with Crippen LogP contribution < -0.4 is 5.32 Å². The minimum atomic E-state index is -2.80. The summed E-state index contributed by atoms with van der Waals surface area (Å²) in [5.41, 5.74) is 0. The molecule has 3 unspecified atom stereocenters. The van der Waals surface area contributed by atoms with Crippen LogP contribution in [0.15, 0.2) is 4.99 Å². The molecule has 6 heteroatoms. The van der Waals surface area contributed by atoms with Gasteiger partial charge in [0, 0.05) is 25.7 Å². The van der Waals surface area contributed by atoms with Gasteiger partial charge in [-0.05, 0) is 43.4 Å². The third kappa shape index (κ3) is 4.37. The number of nitrogens with zero attached hydrogens (tertiary/aromatic N) is 2. The molecule has 1 saturated carbocycles. The highest BCUT2D eigenvalue weighted by atomic mass is 32.2. The van der Waals surface area contributed by atoms with Crippen LogP contribution in [0.25, 0.3) is 0 Å². The number of guanidine groups is 1. The van der Waals surface area contributed by atoms with E-state index < -0.39 is 9.84 Å². The fourth-order valence-corrected chi connectivity index (χ4v) is 5.56. The summed E-state index contributed by atoms with van der Waals surface area (Å²) in [5, 5.41) is 3.57. The highest BCUT2D eigenvalue weighted by Gasteiger charge is 2.30. The first-order valence-corrected chi connectivity index (χ1v) is 10.5. The van der Waals surface area contributed by atoms with Crippen molar-refractivity contribution in [3.05, 3.63) is 0 Å². The number of rotatable bonds is 3. The fraction of sp³-hybridized carbons (Fsp3) is 0.938. The third-order valence-electron chi connectivity index (χ3n) is 4.90. The van der Waals surface area contributed by atoms with Crippen molar-refractivity contribution < 1.29 is 8.42 Å². The van der Waals surface area contributed by atoms with E-state index >= 15 is 0 Å². The summed E-state index contributed by atoms with van der Waals surface area (Å²) in [7, 11) is -2.80. The van der Waals surface area contributed by atoms with E-state index in [9.17, 15) is 8.42 Å². The fourth-order valence-electron chi connectivity index (χ4n) is 3.71. The van der Waals surface area contributed by atoms with E-state index in [0.29, 0.717) is 35.9 Å². The van der Waals surface area contributed by atoms with Gasteiger partial charge in [-0.2, -0.15) is 0 Å². The second-order valence-electron chi connectivity index (χ2n) is 7.70. The Hall–Kier alpha value is -0.780. The maximum absolute atomic E-state index is 11.6. The quantitative estimate of drug-likeness (QED) is 0.630. The van der Waals surface area contributed by atoms with Crippen molar-refractivity contribution in [2.45, 2.75) is 45.6 Å². The summed E-state index contributed by atoms with van der Waals surface area (Å²) >= 11 is 0. The SMILES string of the molecule is CC1CC(C)CN(C(=NCC2CCS(=O)(=O)C2)NC2CC2)C1. The molecular weight excluding hydrogens is 298 g/mol. The zero-order valence-electron chi connectivity index (χ0n) is 13.8. The molecule has 126 valence electrons. The van der Waals surface area contributed by atoms with Crippen molar-refractivity contribution in [3.8, 4) is 0 Å². The number of piperidine rings is 1. The monoisotopic (exact) mass is 327 g/mol. The zero-order chi connectivity index (χ0) is 15.7. The van der Waals surface area contributed by atoms with Crippen molar-refractivity contribution in [3.63, 3.8) is 0 Å². The molecule has 2 saturated heterocycles. The molecule has 0 spiro atoms. The lowest BCUT2D eigenvalue weighted by atomic mass is 9.92. The van der Waals surface area contributed by atoms with E-state index in [-0.39, 0.29) is 5.92 Å². The Balaban J connectivity index is 1.64. The van der Waals surface area contributed by atoms with Crippen molar-refractivity contribution in [1.29, 1.82) is 0 Å². The van der Waals surface area contributed by atoms with Gasteiger partial charge < -0.3 is 10.2 Å². The molecule has 3 aliphatic rings. The molecule has 5 nitrogen and oxygen atoms in total. The van der Waals surface area contributed by atoms with Gasteiger partial charge >= 0.3 is 0 Å². The van der Waals surface area contributed by atoms with E-state index in [4.69, 9.17) is 4.99 Å². The molecule has 1 N–H and O–H groups in total. The van der Waals surface area contributed by atoms with Crippen molar-refractivity contribution in [2.24, 2.45) is 22.7 Å². The van der Waals surface area contributed by atoms with E-state index in [1.165, 1.54) is 19.3 Å². The van der Waals surface area contributed by atoms with Gasteiger partial charge in [-0.25, -0.2) is 8.42 Å². The minimum absolute atomic E-state index is 0.209. The Bertz CT molecular complexity index is 518. The summed E-state index contributed by atoms with van der Waals surface area (Å²) in [6.07, 6.45) is 4.52. The molecule has 0 amide bonds. The number of nitrogens with one attached hydrogen (secondary N) is 1. The average Bonchev–Trinajstić information content (AvgIpc) is 3.16. The Morgan fingerprint density at radius 3 is 2.41 bits per heavy atom. The second kappa shape index (κ2) is 6.38. The molecule has 2 heterocycles. The van der Waals surface area contributed by atoms with Crippen LogP contribution in [-0.4, -0.2) is 56.5 Å². The molecule has 0 radical (unpaired) electrons. The largest absolute Gasteiger partial charge is 0.354 e. The second-order valence-corrected chi connectivity index (χ2v) is 9.93. The van der Waals surface area contributed by atoms with E-state index in [1.807, 2.05) is 0 Å². The maximum Gasteiger partial charge on any atom is 0.194 e. The molecule has 3 fully saturated rings. The maximum atomic E-state index is 11.6. The lowest BCUT2D eigenvalue weighted by Crippen LogP contribution is -2.49. The molecular formula is C16H29N3O2S. The molecule has 22 heavy (non-hydrogen) atoms. The first kappa shape index (κ1) is 16.1. The molecule has 3 atom stereocenters. The molecule has 2 aliphatic heterocycles. The summed E-state index contributed by atoms with van der Waals surface area (Å²) < 4.78 is 23.2. The Labute approximate surface area is 134 Å². The van der Waals surface area contributed by atoms with Gasteiger partial charge in [0.2, 0.25) is 0 Å². The first-order valence-electron chi connectivity index (χ1n) is 8.67. The predicted molar refractivity (Wildman–Crippen MR) is 89.7 cm³/mol. The van der Waals surface area contributed by atoms with Crippen LogP contribution in [0, 0.1) is 17.8 Å². The van der Waals surface area contributed by atoms with Crippen LogP contribution in [0.5, 0.6) is 0 Å². The number of hydrogen-bond acceptors (Lipinski definition) is 3. The predicted octanol–water partition coefficient (Wildman–Crippen LogP) is 1.51. The van der Waals surface area contributed by atoms with Crippen molar-refractivity contribution in [2.75, 3.05) is 31.1 Å². The van der Waals surface area contributed by atoms with Crippen LogP contribution >= 0.6 is 0 Å². The van der Waals surface area contributed by atoms with Crippen LogP contribution in [0.3, 0.4) is 0 Å². The van der Waals surface area contributed by atoms with Gasteiger partial charge in [-0.15, -0.1) is 0 Å². The number of aliphatic imine (C=N–C) groups is 1. The van der Waals surface area contributed by atoms with E-state index in [2.05, 4.69) is 24.1 Å². The Kier molecular flexibility index (Phi) is 4.67. The number of sulfone groups is 1. The molecule has 3 rings (SSSR count). The minimum Gasteiger partial charge on any atom is -0.354 e.